The molecule has 3 saturated heterocycles. The van der Waals surface area contributed by atoms with Crippen LogP contribution in [0.15, 0.2) is 180 Å². The zero-order chi connectivity index (χ0) is 65.7. The van der Waals surface area contributed by atoms with Crippen molar-refractivity contribution in [2.45, 2.75) is 238 Å². The number of carbonyl (C=O) groups excluding carboxylic acids is 1. The molecule has 502 valence electrons. The van der Waals surface area contributed by atoms with Crippen LogP contribution in [-0.2, 0) is 19.0 Å². The highest BCUT2D eigenvalue weighted by Crippen LogP contribution is 2.73. The number of fused-ring (bicyclic) bond motifs is 6. The molecule has 9 heterocycles. The molecule has 6 bridgehead atoms. The predicted octanol–water partition coefficient (Wildman–Crippen LogP) is 18.9. The van der Waals surface area contributed by atoms with Gasteiger partial charge in [-0.1, -0.05) is 93.6 Å². The third-order valence-corrected chi connectivity index (χ3v) is 30.5. The lowest BCUT2D eigenvalue weighted by molar-refractivity contribution is -0.146. The first kappa shape index (κ1) is 61.9. The zero-order valence-corrected chi connectivity index (χ0v) is 58.8. The molecule has 15 aliphatic rings. The molecule has 0 N–H and O–H groups in total. The van der Waals surface area contributed by atoms with Crippen molar-refractivity contribution in [3.63, 3.8) is 0 Å². The van der Waals surface area contributed by atoms with Gasteiger partial charge >= 0.3 is 0 Å². The molecular formula is C88H101N5O4. The van der Waals surface area contributed by atoms with Gasteiger partial charge in [0.05, 0.1) is 33.6 Å². The number of hydrogen-bond donors (Lipinski definition) is 0. The topological polar surface area (TPSA) is 89.9 Å². The van der Waals surface area contributed by atoms with Crippen molar-refractivity contribution in [3.8, 4) is 0 Å². The molecule has 9 heteroatoms. The van der Waals surface area contributed by atoms with Crippen LogP contribution in [0.1, 0.15) is 209 Å². The minimum absolute atomic E-state index is 0.00448. The van der Waals surface area contributed by atoms with E-state index in [-0.39, 0.29) is 49.9 Å². The molecule has 97 heavy (non-hydrogen) atoms. The van der Waals surface area contributed by atoms with Crippen LogP contribution in [0.25, 0.3) is 32.3 Å². The van der Waals surface area contributed by atoms with Gasteiger partial charge in [-0.3, -0.25) is 19.7 Å². The maximum Gasteiger partial charge on any atom is 0.136 e. The third-order valence-electron chi connectivity index (χ3n) is 30.5. The van der Waals surface area contributed by atoms with Gasteiger partial charge in [0.15, 0.2) is 0 Å². The van der Waals surface area contributed by atoms with Crippen molar-refractivity contribution in [2.75, 3.05) is 28.2 Å². The molecule has 3 aromatic heterocycles. The first-order chi connectivity index (χ1) is 46.9. The van der Waals surface area contributed by atoms with Crippen molar-refractivity contribution >= 4 is 38.1 Å². The Kier molecular flexibility index (Phi) is 14.0. The Hall–Kier alpha value is -6.20. The summed E-state index contributed by atoms with van der Waals surface area (Å²) in [6, 6.07) is 28.8. The van der Waals surface area contributed by atoms with Crippen LogP contribution in [0, 0.1) is 34.0 Å². The largest absolute Gasteiger partial charge is 0.359 e. The zero-order valence-electron chi connectivity index (χ0n) is 58.8. The lowest BCUT2D eigenvalue weighted by atomic mass is 9.58. The monoisotopic (exact) mass is 1290 g/mol. The predicted molar refractivity (Wildman–Crippen MR) is 387 cm³/mol. The number of hydrogen-bond acceptors (Lipinski definition) is 9. The minimum Gasteiger partial charge on any atom is -0.359 e. The second-order valence-electron chi connectivity index (χ2n) is 35.0. The summed E-state index contributed by atoms with van der Waals surface area (Å²) in [4.78, 5) is 30.3. The van der Waals surface area contributed by atoms with Crippen LogP contribution in [-0.4, -0.2) is 104 Å². The number of ketones is 1. The van der Waals surface area contributed by atoms with Crippen LogP contribution in [0.5, 0.6) is 0 Å². The third kappa shape index (κ3) is 8.97. The van der Waals surface area contributed by atoms with Gasteiger partial charge in [-0.15, -0.1) is 0 Å². The molecule has 3 aromatic carbocycles. The van der Waals surface area contributed by atoms with Crippen LogP contribution in [0.3, 0.4) is 0 Å². The number of aromatic nitrogens is 3. The van der Waals surface area contributed by atoms with Crippen molar-refractivity contribution in [2.24, 2.45) is 34.0 Å². The highest BCUT2D eigenvalue weighted by atomic mass is 16.5. The van der Waals surface area contributed by atoms with Gasteiger partial charge in [0.1, 0.15) is 5.78 Å². The Morgan fingerprint density at radius 3 is 1.14 bits per heavy atom. The number of Topliss-reactive ketones (excluding diaryl/α,β-unsaturated/α-hetero) is 1. The number of nitrogens with zero attached hydrogens (tertiary/aromatic N) is 5. The highest BCUT2D eigenvalue weighted by Gasteiger charge is 2.70. The van der Waals surface area contributed by atoms with E-state index >= 15 is 0 Å². The number of allylic oxidation sites excluding steroid dienone is 3. The lowest BCUT2D eigenvalue weighted by Crippen LogP contribution is -2.55. The van der Waals surface area contributed by atoms with E-state index in [1.54, 1.807) is 11.1 Å². The molecule has 9 aliphatic carbocycles. The quantitative estimate of drug-likeness (QED) is 0.167. The van der Waals surface area contributed by atoms with Crippen LogP contribution >= 0.6 is 0 Å². The number of ether oxygens (including phenoxy) is 3. The second kappa shape index (κ2) is 21.9. The van der Waals surface area contributed by atoms with E-state index < -0.39 is 0 Å². The fourth-order valence-corrected chi connectivity index (χ4v) is 25.5. The summed E-state index contributed by atoms with van der Waals surface area (Å²) >= 11 is 0. The summed E-state index contributed by atoms with van der Waals surface area (Å²) in [6.45, 7) is 7.65. The maximum absolute atomic E-state index is 12.4. The highest BCUT2D eigenvalue weighted by molar-refractivity contribution is 5.85. The van der Waals surface area contributed by atoms with Crippen molar-refractivity contribution in [1.29, 1.82) is 0 Å². The number of benzene rings is 3. The summed E-state index contributed by atoms with van der Waals surface area (Å²) in [5.74, 6) is 3.83. The number of carbonyl (C=O) groups is 1. The summed E-state index contributed by atoms with van der Waals surface area (Å²) in [6.07, 6.45) is 54.3. The van der Waals surface area contributed by atoms with Crippen molar-refractivity contribution in [3.05, 3.63) is 197 Å². The van der Waals surface area contributed by atoms with E-state index in [2.05, 4.69) is 183 Å². The van der Waals surface area contributed by atoms with Gasteiger partial charge in [0, 0.05) is 78.3 Å². The molecule has 0 amide bonds. The maximum atomic E-state index is 12.4. The summed E-state index contributed by atoms with van der Waals surface area (Å²) in [5.41, 5.74) is 13.6. The summed E-state index contributed by atoms with van der Waals surface area (Å²) < 4.78 is 22.0. The second-order valence-corrected chi connectivity index (χ2v) is 35.0. The average molecular weight is 1290 g/mol. The van der Waals surface area contributed by atoms with E-state index in [1.807, 2.05) is 37.2 Å². The van der Waals surface area contributed by atoms with Crippen LogP contribution in [0.4, 0.5) is 0 Å². The Morgan fingerprint density at radius 1 is 0.402 bits per heavy atom. The van der Waals surface area contributed by atoms with E-state index in [0.29, 0.717) is 66.2 Å². The number of pyridine rings is 3. The molecule has 6 saturated carbocycles. The molecule has 6 aliphatic heterocycles. The standard InChI is InChI=1S/2C30H36N2O.C28H29NO2/c2*1-28-12-10-24-17-23-6-7-25(32(2)3)18-29(23)13-14-30(24,33-29)27(28)9-8-26(28)21-5-4-20-11-15-31-19-22(20)16-21;1-26-10-8-22-15-21-4-5-23(30)16-27(21)11-12-28(22,31-27)25(26)7-6-24(26)19-3-2-18-9-13-29-17-20(18)14-19/h2*4-5,10-11,15-17,19,25-27H,6-9,12-14,18H2,1-3H3;2-3,8-9,13-15,17,24-25H,4-7,10-12,16H2,1H3/t25-,26+,27+,28+,29+,30+;25-,26-,27-,28-,29-,30-;24-,25-,26-,27-,28-/m011/s1. The molecular weight excluding hydrogens is 1190 g/mol. The van der Waals surface area contributed by atoms with Gasteiger partial charge in [-0.2, -0.15) is 0 Å². The fourth-order valence-electron chi connectivity index (χ4n) is 25.5. The number of rotatable bonds is 5. The van der Waals surface area contributed by atoms with Gasteiger partial charge in [-0.05, 0) is 324 Å². The van der Waals surface area contributed by atoms with Gasteiger partial charge in [0.2, 0.25) is 0 Å². The van der Waals surface area contributed by atoms with E-state index in [9.17, 15) is 4.79 Å². The molecule has 17 atom stereocenters. The van der Waals surface area contributed by atoms with Crippen LogP contribution in [0.2, 0.25) is 0 Å². The molecule has 0 radical (unpaired) electrons. The Labute approximate surface area is 575 Å². The summed E-state index contributed by atoms with van der Waals surface area (Å²) in [5, 5.41) is 7.61. The molecule has 9 fully saturated rings. The lowest BCUT2D eigenvalue weighted by Gasteiger charge is -2.54. The Bertz CT molecular complexity index is 4290. The van der Waals surface area contributed by atoms with Crippen molar-refractivity contribution < 1.29 is 19.0 Å². The molecule has 21 rings (SSSR count). The van der Waals surface area contributed by atoms with E-state index in [1.165, 1.54) is 187 Å². The smallest absolute Gasteiger partial charge is 0.136 e. The molecule has 6 spiro atoms. The molecule has 6 aromatic rings. The Morgan fingerprint density at radius 2 is 0.763 bits per heavy atom. The van der Waals surface area contributed by atoms with Crippen molar-refractivity contribution in [1.82, 2.24) is 24.8 Å². The molecule has 0 unspecified atom stereocenters. The normalized spacial score (nSPS) is 41.2. The molecule has 9 nitrogen and oxygen atoms in total. The van der Waals surface area contributed by atoms with Gasteiger partial charge in [-0.25, -0.2) is 0 Å². The van der Waals surface area contributed by atoms with Gasteiger partial charge in [0.25, 0.3) is 0 Å². The fraction of sp³-hybridized carbons (Fsp3) is 0.545. The first-order valence-electron chi connectivity index (χ1n) is 38.1. The minimum atomic E-state index is -0.294. The first-order valence-corrected chi connectivity index (χ1v) is 38.1. The average Bonchev–Trinajstić information content (AvgIpc) is 1.55. The van der Waals surface area contributed by atoms with E-state index in [4.69, 9.17) is 14.2 Å². The Balaban J connectivity index is 0.000000102. The SMILES string of the molecule is CN(C)[C@@H]1CCC2=CC3=CC[C@]4(C)[C@@H](c5ccc6ccncc6c5)CC[C@H]4[C@@]34CC[C@]2(C1)O4.CN(C)[C@H]1CCC2=CC3=CC[C@]4(C)[C@@H](c5ccc6ccncc6c5)CC[C@H]4[C@@]34CC[C@]2(C1)O4.C[C@]12CC=C3C=C4CCC(=O)C[C@]45CC[C@]3(O5)[C@@H]1CC[C@@H]2c1ccc2ccncc2c1. The van der Waals surface area contributed by atoms with Crippen LogP contribution < -0.4 is 0 Å². The van der Waals surface area contributed by atoms with Gasteiger partial charge < -0.3 is 24.0 Å². The summed E-state index contributed by atoms with van der Waals surface area (Å²) in [7, 11) is 8.97. The van der Waals surface area contributed by atoms with E-state index in [0.717, 1.165) is 25.7 Å².